The molecule has 2 saturated heterocycles. The highest BCUT2D eigenvalue weighted by atomic mass is 32.1. The molecule has 2 aliphatic heterocycles. The summed E-state index contributed by atoms with van der Waals surface area (Å²) in [6.07, 6.45) is 0.786. The first-order valence-corrected chi connectivity index (χ1v) is 7.06. The molecule has 2 fully saturated rings. The standard InChI is InChI=1S/C12H16N2O3S/c1-8-7-18-11(13-8)10-6-14(3-5-16-10)9-2-4-17-12(9)15/h7,9-10H,2-6H2,1H3/t9-,10-/m0/s1. The molecule has 6 heteroatoms. The predicted octanol–water partition coefficient (Wildman–Crippen LogP) is 1.14. The van der Waals surface area contributed by atoms with Gasteiger partial charge in [-0.2, -0.15) is 0 Å². The minimum absolute atomic E-state index is 0.00847. The monoisotopic (exact) mass is 268 g/mol. The fourth-order valence-electron chi connectivity index (χ4n) is 2.44. The normalized spacial score (nSPS) is 29.5. The van der Waals surface area contributed by atoms with Gasteiger partial charge in [0.2, 0.25) is 0 Å². The Morgan fingerprint density at radius 2 is 2.39 bits per heavy atom. The molecule has 0 aliphatic carbocycles. The summed E-state index contributed by atoms with van der Waals surface area (Å²) in [5, 5.41) is 3.03. The van der Waals surface area contributed by atoms with Gasteiger partial charge < -0.3 is 9.47 Å². The first-order chi connectivity index (χ1) is 8.74. The number of thiazole rings is 1. The molecule has 0 spiro atoms. The van der Waals surface area contributed by atoms with E-state index in [-0.39, 0.29) is 18.1 Å². The smallest absolute Gasteiger partial charge is 0.323 e. The molecule has 3 heterocycles. The number of aryl methyl sites for hydroxylation is 1. The van der Waals surface area contributed by atoms with Gasteiger partial charge in [0.05, 0.1) is 13.2 Å². The molecule has 1 aromatic heterocycles. The maximum absolute atomic E-state index is 11.6. The molecule has 0 amide bonds. The lowest BCUT2D eigenvalue weighted by Crippen LogP contribution is -2.46. The van der Waals surface area contributed by atoms with Gasteiger partial charge in [-0.3, -0.25) is 9.69 Å². The van der Waals surface area contributed by atoms with E-state index in [0.29, 0.717) is 13.2 Å². The summed E-state index contributed by atoms with van der Waals surface area (Å²) in [4.78, 5) is 18.2. The number of nitrogens with zero attached hydrogens (tertiary/aromatic N) is 2. The molecule has 18 heavy (non-hydrogen) atoms. The van der Waals surface area contributed by atoms with E-state index >= 15 is 0 Å². The van der Waals surface area contributed by atoms with Gasteiger partial charge in [0.15, 0.2) is 0 Å². The lowest BCUT2D eigenvalue weighted by Gasteiger charge is -2.34. The zero-order valence-corrected chi connectivity index (χ0v) is 11.1. The maximum Gasteiger partial charge on any atom is 0.323 e. The van der Waals surface area contributed by atoms with Crippen LogP contribution < -0.4 is 0 Å². The molecule has 0 unspecified atom stereocenters. The lowest BCUT2D eigenvalue weighted by molar-refractivity contribution is -0.144. The van der Waals surface area contributed by atoms with Crippen LogP contribution in [0.5, 0.6) is 0 Å². The number of rotatable bonds is 2. The van der Waals surface area contributed by atoms with E-state index in [1.165, 1.54) is 0 Å². The summed E-state index contributed by atoms with van der Waals surface area (Å²) in [7, 11) is 0. The van der Waals surface area contributed by atoms with E-state index in [1.807, 2.05) is 12.3 Å². The van der Waals surface area contributed by atoms with E-state index < -0.39 is 0 Å². The Morgan fingerprint density at radius 3 is 3.06 bits per heavy atom. The molecular weight excluding hydrogens is 252 g/mol. The Balaban J connectivity index is 1.70. The quantitative estimate of drug-likeness (QED) is 0.753. The minimum atomic E-state index is -0.0917. The molecule has 0 N–H and O–H groups in total. The number of hydrogen-bond donors (Lipinski definition) is 0. The number of esters is 1. The van der Waals surface area contributed by atoms with Gasteiger partial charge in [-0.05, 0) is 6.92 Å². The molecule has 3 rings (SSSR count). The third-order valence-corrected chi connectivity index (χ3v) is 4.41. The highest BCUT2D eigenvalue weighted by Crippen LogP contribution is 2.27. The van der Waals surface area contributed by atoms with E-state index in [1.54, 1.807) is 11.3 Å². The average molecular weight is 268 g/mol. The van der Waals surface area contributed by atoms with E-state index in [9.17, 15) is 4.79 Å². The van der Waals surface area contributed by atoms with E-state index in [4.69, 9.17) is 9.47 Å². The van der Waals surface area contributed by atoms with Crippen molar-refractivity contribution in [3.05, 3.63) is 16.1 Å². The molecule has 1 aromatic rings. The van der Waals surface area contributed by atoms with Crippen LogP contribution in [-0.2, 0) is 14.3 Å². The number of cyclic esters (lactones) is 1. The fraction of sp³-hybridized carbons (Fsp3) is 0.667. The van der Waals surface area contributed by atoms with Gasteiger partial charge in [-0.1, -0.05) is 0 Å². The van der Waals surface area contributed by atoms with Crippen molar-refractivity contribution >= 4 is 17.3 Å². The summed E-state index contributed by atoms with van der Waals surface area (Å²) in [6.45, 7) is 4.69. The third-order valence-electron chi connectivity index (χ3n) is 3.36. The van der Waals surface area contributed by atoms with Crippen molar-refractivity contribution < 1.29 is 14.3 Å². The third kappa shape index (κ3) is 2.28. The molecule has 0 bridgehead atoms. The Hall–Kier alpha value is -0.980. The zero-order valence-electron chi connectivity index (χ0n) is 10.3. The van der Waals surface area contributed by atoms with Crippen molar-refractivity contribution in [1.29, 1.82) is 0 Å². The van der Waals surface area contributed by atoms with E-state index in [2.05, 4.69) is 9.88 Å². The maximum atomic E-state index is 11.6. The van der Waals surface area contributed by atoms with Crippen LogP contribution in [0.4, 0.5) is 0 Å². The topological polar surface area (TPSA) is 51.7 Å². The lowest BCUT2D eigenvalue weighted by atomic mass is 10.1. The minimum Gasteiger partial charge on any atom is -0.464 e. The highest BCUT2D eigenvalue weighted by molar-refractivity contribution is 7.09. The average Bonchev–Trinajstić information content (AvgIpc) is 2.98. The van der Waals surface area contributed by atoms with E-state index in [0.717, 1.165) is 30.2 Å². The second-order valence-electron chi connectivity index (χ2n) is 4.65. The largest absolute Gasteiger partial charge is 0.464 e. The van der Waals surface area contributed by atoms with Crippen LogP contribution in [0.25, 0.3) is 0 Å². The van der Waals surface area contributed by atoms with Crippen LogP contribution in [0, 0.1) is 6.92 Å². The number of hydrogen-bond acceptors (Lipinski definition) is 6. The summed E-state index contributed by atoms with van der Waals surface area (Å²) in [5.74, 6) is -0.0917. The number of carbonyl (C=O) groups is 1. The van der Waals surface area contributed by atoms with Crippen molar-refractivity contribution in [3.63, 3.8) is 0 Å². The van der Waals surface area contributed by atoms with Crippen molar-refractivity contribution in [2.75, 3.05) is 26.3 Å². The van der Waals surface area contributed by atoms with Crippen molar-refractivity contribution in [2.45, 2.75) is 25.5 Å². The van der Waals surface area contributed by atoms with Crippen LogP contribution in [0.2, 0.25) is 0 Å². The van der Waals surface area contributed by atoms with Crippen molar-refractivity contribution in [3.8, 4) is 0 Å². The Kier molecular flexibility index (Phi) is 3.32. The Bertz CT molecular complexity index is 448. The molecule has 0 saturated carbocycles. The molecule has 5 nitrogen and oxygen atoms in total. The summed E-state index contributed by atoms with van der Waals surface area (Å²) in [5.41, 5.74) is 1.02. The molecular formula is C12H16N2O3S. The fourth-order valence-corrected chi connectivity index (χ4v) is 3.27. The van der Waals surface area contributed by atoms with Gasteiger partial charge in [0.1, 0.15) is 17.2 Å². The Morgan fingerprint density at radius 1 is 1.50 bits per heavy atom. The van der Waals surface area contributed by atoms with Gasteiger partial charge in [-0.25, -0.2) is 4.98 Å². The molecule has 0 radical (unpaired) electrons. The molecule has 98 valence electrons. The predicted molar refractivity (Wildman–Crippen MR) is 66.5 cm³/mol. The van der Waals surface area contributed by atoms with Gasteiger partial charge in [0, 0.05) is 30.6 Å². The van der Waals surface area contributed by atoms with Crippen LogP contribution in [0.1, 0.15) is 23.2 Å². The van der Waals surface area contributed by atoms with Crippen LogP contribution in [0.3, 0.4) is 0 Å². The molecule has 0 aromatic carbocycles. The highest BCUT2D eigenvalue weighted by Gasteiger charge is 2.36. The molecule has 2 aliphatic rings. The zero-order chi connectivity index (χ0) is 12.5. The van der Waals surface area contributed by atoms with Crippen molar-refractivity contribution in [1.82, 2.24) is 9.88 Å². The summed E-state index contributed by atoms with van der Waals surface area (Å²) < 4.78 is 10.8. The van der Waals surface area contributed by atoms with Gasteiger partial charge in [0.25, 0.3) is 0 Å². The second kappa shape index (κ2) is 4.95. The van der Waals surface area contributed by atoms with Crippen LogP contribution in [0.15, 0.2) is 5.38 Å². The number of ether oxygens (including phenoxy) is 2. The number of aromatic nitrogens is 1. The second-order valence-corrected chi connectivity index (χ2v) is 5.54. The van der Waals surface area contributed by atoms with Gasteiger partial charge in [-0.15, -0.1) is 11.3 Å². The first kappa shape index (κ1) is 12.1. The molecule has 2 atom stereocenters. The van der Waals surface area contributed by atoms with Gasteiger partial charge >= 0.3 is 5.97 Å². The van der Waals surface area contributed by atoms with Crippen LogP contribution >= 0.6 is 11.3 Å². The first-order valence-electron chi connectivity index (χ1n) is 6.18. The number of morpholine rings is 1. The van der Waals surface area contributed by atoms with Crippen molar-refractivity contribution in [2.24, 2.45) is 0 Å². The Labute approximate surface area is 110 Å². The summed E-state index contributed by atoms with van der Waals surface area (Å²) in [6, 6.07) is -0.0857. The SMILES string of the molecule is Cc1csc([C@@H]2CN([C@H]3CCOC3=O)CCO2)n1. The summed E-state index contributed by atoms with van der Waals surface area (Å²) >= 11 is 1.62. The van der Waals surface area contributed by atoms with Crippen LogP contribution in [-0.4, -0.2) is 48.2 Å². The number of carbonyl (C=O) groups excluding carboxylic acids is 1.